The molecule has 2 aromatic carbocycles. The maximum absolute atomic E-state index is 13.7. The molecule has 0 fully saturated rings. The lowest BCUT2D eigenvalue weighted by molar-refractivity contribution is -0.143. The monoisotopic (exact) mass is 275 g/mol. The number of ether oxygens (including phenoxy) is 1. The molecule has 0 saturated heterocycles. The van der Waals surface area contributed by atoms with Crippen LogP contribution in [0.4, 0.5) is 4.39 Å². The average molecular weight is 275 g/mol. The SMILES string of the molecule is CCOC(=O)CCC(N)c1ccc(F)c2ccccc12. The van der Waals surface area contributed by atoms with E-state index in [-0.39, 0.29) is 24.2 Å². The van der Waals surface area contributed by atoms with Crippen LogP contribution in [0.15, 0.2) is 36.4 Å². The fourth-order valence-corrected chi connectivity index (χ4v) is 2.27. The second kappa shape index (κ2) is 6.48. The summed E-state index contributed by atoms with van der Waals surface area (Å²) < 4.78 is 18.6. The van der Waals surface area contributed by atoms with Crippen molar-refractivity contribution in [1.29, 1.82) is 0 Å². The van der Waals surface area contributed by atoms with Gasteiger partial charge in [-0.3, -0.25) is 4.79 Å². The molecule has 1 atom stereocenters. The van der Waals surface area contributed by atoms with Crippen molar-refractivity contribution < 1.29 is 13.9 Å². The molecule has 1 unspecified atom stereocenters. The first kappa shape index (κ1) is 14.5. The van der Waals surface area contributed by atoms with Gasteiger partial charge in [0, 0.05) is 17.8 Å². The van der Waals surface area contributed by atoms with E-state index < -0.39 is 0 Å². The molecule has 0 heterocycles. The van der Waals surface area contributed by atoms with Gasteiger partial charge in [-0.05, 0) is 30.4 Å². The van der Waals surface area contributed by atoms with E-state index in [9.17, 15) is 9.18 Å². The van der Waals surface area contributed by atoms with Gasteiger partial charge in [0.15, 0.2) is 0 Å². The zero-order valence-corrected chi connectivity index (χ0v) is 11.4. The summed E-state index contributed by atoms with van der Waals surface area (Å²) >= 11 is 0. The zero-order valence-electron chi connectivity index (χ0n) is 11.4. The number of benzene rings is 2. The predicted molar refractivity (Wildman–Crippen MR) is 76.7 cm³/mol. The van der Waals surface area contributed by atoms with Gasteiger partial charge in [0.1, 0.15) is 5.82 Å². The molecule has 0 aromatic heterocycles. The fourth-order valence-electron chi connectivity index (χ4n) is 2.27. The molecule has 4 heteroatoms. The van der Waals surface area contributed by atoms with Crippen molar-refractivity contribution in [2.24, 2.45) is 5.73 Å². The van der Waals surface area contributed by atoms with Crippen molar-refractivity contribution in [3.8, 4) is 0 Å². The summed E-state index contributed by atoms with van der Waals surface area (Å²) in [5.74, 6) is -0.517. The van der Waals surface area contributed by atoms with Crippen LogP contribution in [0.1, 0.15) is 31.4 Å². The van der Waals surface area contributed by atoms with Crippen LogP contribution in [0.5, 0.6) is 0 Å². The molecule has 0 aliphatic rings. The Morgan fingerprint density at radius 3 is 2.65 bits per heavy atom. The van der Waals surface area contributed by atoms with Crippen LogP contribution >= 0.6 is 0 Å². The molecule has 0 aliphatic heterocycles. The van der Waals surface area contributed by atoms with Gasteiger partial charge >= 0.3 is 5.97 Å². The van der Waals surface area contributed by atoms with Crippen molar-refractivity contribution in [2.75, 3.05) is 6.61 Å². The molecule has 0 aliphatic carbocycles. The van der Waals surface area contributed by atoms with E-state index in [2.05, 4.69) is 0 Å². The smallest absolute Gasteiger partial charge is 0.305 e. The van der Waals surface area contributed by atoms with Crippen LogP contribution in [0.2, 0.25) is 0 Å². The lowest BCUT2D eigenvalue weighted by Gasteiger charge is -2.14. The Hall–Kier alpha value is -1.94. The highest BCUT2D eigenvalue weighted by atomic mass is 19.1. The maximum atomic E-state index is 13.7. The Morgan fingerprint density at radius 2 is 1.95 bits per heavy atom. The van der Waals surface area contributed by atoms with Crippen LogP contribution in [0, 0.1) is 5.82 Å². The number of halogens is 1. The van der Waals surface area contributed by atoms with Gasteiger partial charge in [-0.25, -0.2) is 4.39 Å². The molecule has 2 aromatic rings. The minimum atomic E-state index is -0.315. The summed E-state index contributed by atoms with van der Waals surface area (Å²) in [4.78, 5) is 11.4. The third-order valence-electron chi connectivity index (χ3n) is 3.27. The minimum absolute atomic E-state index is 0.255. The van der Waals surface area contributed by atoms with E-state index in [1.807, 2.05) is 12.1 Å². The van der Waals surface area contributed by atoms with Crippen LogP contribution in [-0.2, 0) is 9.53 Å². The molecular weight excluding hydrogens is 257 g/mol. The highest BCUT2D eigenvalue weighted by Gasteiger charge is 2.14. The van der Waals surface area contributed by atoms with Crippen LogP contribution in [0.3, 0.4) is 0 Å². The lowest BCUT2D eigenvalue weighted by Crippen LogP contribution is -2.14. The van der Waals surface area contributed by atoms with Crippen LogP contribution < -0.4 is 5.73 Å². The average Bonchev–Trinajstić information content (AvgIpc) is 2.46. The van der Waals surface area contributed by atoms with Gasteiger partial charge in [0.25, 0.3) is 0 Å². The van der Waals surface area contributed by atoms with Crippen molar-refractivity contribution in [3.63, 3.8) is 0 Å². The van der Waals surface area contributed by atoms with Crippen molar-refractivity contribution in [2.45, 2.75) is 25.8 Å². The Morgan fingerprint density at radius 1 is 1.25 bits per heavy atom. The third-order valence-corrected chi connectivity index (χ3v) is 3.27. The highest BCUT2D eigenvalue weighted by Crippen LogP contribution is 2.27. The largest absolute Gasteiger partial charge is 0.466 e. The molecule has 20 heavy (non-hydrogen) atoms. The standard InChI is InChI=1S/C16H18FNO2/c1-2-20-16(19)10-9-15(18)13-7-8-14(17)12-6-4-3-5-11(12)13/h3-8,15H,2,9-10,18H2,1H3. The van der Waals surface area contributed by atoms with Crippen molar-refractivity contribution >= 4 is 16.7 Å². The Labute approximate surface area is 117 Å². The van der Waals surface area contributed by atoms with Gasteiger partial charge in [0.05, 0.1) is 6.61 Å². The maximum Gasteiger partial charge on any atom is 0.305 e. The second-order valence-corrected chi connectivity index (χ2v) is 4.63. The number of esters is 1. The summed E-state index contributed by atoms with van der Waals surface area (Å²) in [7, 11) is 0. The topological polar surface area (TPSA) is 52.3 Å². The lowest BCUT2D eigenvalue weighted by atomic mass is 9.96. The van der Waals surface area contributed by atoms with E-state index in [0.717, 1.165) is 10.9 Å². The van der Waals surface area contributed by atoms with Gasteiger partial charge < -0.3 is 10.5 Å². The molecule has 0 spiro atoms. The summed E-state index contributed by atoms with van der Waals surface area (Å²) in [5, 5.41) is 1.35. The molecule has 106 valence electrons. The molecule has 0 saturated carbocycles. The Kier molecular flexibility index (Phi) is 4.69. The summed E-state index contributed by atoms with van der Waals surface area (Å²) in [6, 6.07) is 10.0. The minimum Gasteiger partial charge on any atom is -0.466 e. The second-order valence-electron chi connectivity index (χ2n) is 4.63. The normalized spacial score (nSPS) is 12.3. The van der Waals surface area contributed by atoms with Crippen LogP contribution in [0.25, 0.3) is 10.8 Å². The number of rotatable bonds is 5. The molecule has 2 N–H and O–H groups in total. The summed E-state index contributed by atoms with van der Waals surface area (Å²) in [6.45, 7) is 2.14. The van der Waals surface area contributed by atoms with Crippen LogP contribution in [-0.4, -0.2) is 12.6 Å². The van der Waals surface area contributed by atoms with E-state index >= 15 is 0 Å². The first-order valence-corrected chi connectivity index (χ1v) is 6.71. The first-order valence-electron chi connectivity index (χ1n) is 6.71. The van der Waals surface area contributed by atoms with E-state index in [4.69, 9.17) is 10.5 Å². The number of fused-ring (bicyclic) bond motifs is 1. The van der Waals surface area contributed by atoms with Crippen molar-refractivity contribution in [3.05, 3.63) is 47.8 Å². The molecule has 3 nitrogen and oxygen atoms in total. The summed E-state index contributed by atoms with van der Waals surface area (Å²) in [6.07, 6.45) is 0.745. The molecular formula is C16H18FNO2. The Bertz CT molecular complexity index is 612. The quantitative estimate of drug-likeness (QED) is 0.852. The van der Waals surface area contributed by atoms with E-state index in [1.54, 1.807) is 25.1 Å². The van der Waals surface area contributed by atoms with E-state index in [1.165, 1.54) is 6.07 Å². The zero-order chi connectivity index (χ0) is 14.5. The highest BCUT2D eigenvalue weighted by molar-refractivity contribution is 5.86. The van der Waals surface area contributed by atoms with Gasteiger partial charge in [-0.2, -0.15) is 0 Å². The Balaban J connectivity index is 2.20. The van der Waals surface area contributed by atoms with Gasteiger partial charge in [-0.15, -0.1) is 0 Å². The third kappa shape index (κ3) is 3.14. The van der Waals surface area contributed by atoms with Crippen molar-refractivity contribution in [1.82, 2.24) is 0 Å². The number of carbonyl (C=O) groups excluding carboxylic acids is 1. The van der Waals surface area contributed by atoms with Gasteiger partial charge in [0.2, 0.25) is 0 Å². The molecule has 2 rings (SSSR count). The number of nitrogens with two attached hydrogens (primary N) is 1. The first-order chi connectivity index (χ1) is 9.63. The van der Waals surface area contributed by atoms with Gasteiger partial charge in [-0.1, -0.05) is 30.3 Å². The number of hydrogen-bond acceptors (Lipinski definition) is 3. The van der Waals surface area contributed by atoms with E-state index in [0.29, 0.717) is 18.4 Å². The molecule has 0 bridgehead atoms. The number of carbonyl (C=O) groups is 1. The predicted octanol–water partition coefficient (Wildman–Crippen LogP) is 3.32. The fraction of sp³-hybridized carbons (Fsp3) is 0.312. The summed E-state index contributed by atoms with van der Waals surface area (Å²) in [5.41, 5.74) is 6.98. The molecule has 0 amide bonds. The molecule has 0 radical (unpaired) electrons. The number of hydrogen-bond donors (Lipinski definition) is 1.